The maximum atomic E-state index is 13.0. The summed E-state index contributed by atoms with van der Waals surface area (Å²) in [4.78, 5) is 0. The molecule has 0 fully saturated rings. The minimum Gasteiger partial charge on any atom is -0.332 e. The van der Waals surface area contributed by atoms with Crippen LogP contribution in [0.1, 0.15) is 13.8 Å². The summed E-state index contributed by atoms with van der Waals surface area (Å²) in [6.45, 7) is 0.333. The van der Waals surface area contributed by atoms with Gasteiger partial charge in [0.25, 0.3) is 0 Å². The van der Waals surface area contributed by atoms with Crippen LogP contribution in [0.4, 0.5) is 26.3 Å². The Bertz CT molecular complexity index is 204. The van der Waals surface area contributed by atoms with Crippen LogP contribution < -0.4 is 0 Å². The van der Waals surface area contributed by atoms with E-state index in [1.165, 1.54) is 0 Å². The Morgan fingerprint density at radius 2 is 1.20 bits per heavy atom. The molecular weight excluding hydrogens is 230 g/mol. The first-order chi connectivity index (χ1) is 6.62. The molecular formula is C7H10F6O2. The first-order valence-electron chi connectivity index (χ1n) is 4.03. The van der Waals surface area contributed by atoms with Gasteiger partial charge in [-0.3, -0.25) is 0 Å². The van der Waals surface area contributed by atoms with E-state index in [1.54, 1.807) is 0 Å². The van der Waals surface area contributed by atoms with Crippen LogP contribution in [0.15, 0.2) is 0 Å². The summed E-state index contributed by atoms with van der Waals surface area (Å²) in [5, 5.41) is 0. The largest absolute Gasteiger partial charge is 0.457 e. The smallest absolute Gasteiger partial charge is 0.332 e. The summed E-state index contributed by atoms with van der Waals surface area (Å²) in [6, 6.07) is 0. The highest BCUT2D eigenvalue weighted by Gasteiger charge is 2.74. The van der Waals surface area contributed by atoms with E-state index in [1.807, 2.05) is 0 Å². The van der Waals surface area contributed by atoms with Crippen LogP contribution in [0.5, 0.6) is 0 Å². The Morgan fingerprint density at radius 1 is 0.800 bits per heavy atom. The van der Waals surface area contributed by atoms with Gasteiger partial charge >= 0.3 is 18.1 Å². The third-order valence-electron chi connectivity index (χ3n) is 1.41. The van der Waals surface area contributed by atoms with Crippen molar-refractivity contribution in [3.63, 3.8) is 0 Å². The fraction of sp³-hybridized carbons (Fsp3) is 1.00. The third kappa shape index (κ3) is 2.75. The minimum absolute atomic E-state index is 0.776. The fourth-order valence-corrected chi connectivity index (χ4v) is 0.804. The van der Waals surface area contributed by atoms with Gasteiger partial charge in [-0.1, -0.05) is 0 Å². The van der Waals surface area contributed by atoms with E-state index in [0.717, 1.165) is 13.8 Å². The average Bonchev–Trinajstić information content (AvgIpc) is 2.02. The Morgan fingerprint density at radius 3 is 1.47 bits per heavy atom. The molecule has 0 aliphatic carbocycles. The highest BCUT2D eigenvalue weighted by Crippen LogP contribution is 2.46. The van der Waals surface area contributed by atoms with Crippen molar-refractivity contribution >= 4 is 0 Å². The monoisotopic (exact) mass is 240 g/mol. The van der Waals surface area contributed by atoms with Crippen molar-refractivity contribution in [1.82, 2.24) is 0 Å². The van der Waals surface area contributed by atoms with Gasteiger partial charge in [-0.2, -0.15) is 26.3 Å². The Balaban J connectivity index is 5.10. The van der Waals surface area contributed by atoms with E-state index in [9.17, 15) is 26.3 Å². The van der Waals surface area contributed by atoms with Crippen molar-refractivity contribution in [3.8, 4) is 0 Å². The van der Waals surface area contributed by atoms with Gasteiger partial charge in [0.05, 0.1) is 6.61 Å². The van der Waals surface area contributed by atoms with E-state index in [0.29, 0.717) is 0 Å². The zero-order valence-electron chi connectivity index (χ0n) is 8.00. The van der Waals surface area contributed by atoms with E-state index in [2.05, 4.69) is 9.47 Å². The molecule has 0 aliphatic rings. The number of hydrogen-bond acceptors (Lipinski definition) is 2. The molecule has 1 unspecified atom stereocenters. The third-order valence-corrected chi connectivity index (χ3v) is 1.41. The molecule has 0 saturated heterocycles. The van der Waals surface area contributed by atoms with Gasteiger partial charge in [-0.15, -0.1) is 0 Å². The molecule has 15 heavy (non-hydrogen) atoms. The number of rotatable bonds is 5. The number of alkyl halides is 6. The van der Waals surface area contributed by atoms with Crippen LogP contribution in [0.2, 0.25) is 0 Å². The van der Waals surface area contributed by atoms with Gasteiger partial charge in [0.15, 0.2) is 0 Å². The molecule has 0 N–H and O–H groups in total. The highest BCUT2D eigenvalue weighted by atomic mass is 19.4. The van der Waals surface area contributed by atoms with Crippen molar-refractivity contribution in [2.45, 2.75) is 32.0 Å². The second-order valence-corrected chi connectivity index (χ2v) is 2.48. The fourth-order valence-electron chi connectivity index (χ4n) is 0.804. The van der Waals surface area contributed by atoms with Crippen LogP contribution in [0, 0.1) is 0 Å². The van der Waals surface area contributed by atoms with E-state index < -0.39 is 31.4 Å². The molecule has 0 heterocycles. The summed E-state index contributed by atoms with van der Waals surface area (Å²) in [6.07, 6.45) is -10.9. The summed E-state index contributed by atoms with van der Waals surface area (Å²) in [5.41, 5.74) is 0. The van der Waals surface area contributed by atoms with Gasteiger partial charge in [-0.05, 0) is 13.8 Å². The zero-order chi connectivity index (χ0) is 12.3. The lowest BCUT2D eigenvalue weighted by Crippen LogP contribution is -2.58. The molecule has 0 bridgehead atoms. The van der Waals surface area contributed by atoms with E-state index in [-0.39, 0.29) is 0 Å². The van der Waals surface area contributed by atoms with Crippen molar-refractivity contribution in [2.75, 3.05) is 13.2 Å². The molecule has 0 aromatic carbocycles. The first kappa shape index (κ1) is 14.5. The topological polar surface area (TPSA) is 18.5 Å². The molecule has 1 atom stereocenters. The van der Waals surface area contributed by atoms with Crippen LogP contribution in [-0.4, -0.2) is 31.4 Å². The van der Waals surface area contributed by atoms with E-state index in [4.69, 9.17) is 0 Å². The number of hydrogen-bond donors (Lipinski definition) is 0. The lowest BCUT2D eigenvalue weighted by molar-refractivity contribution is -0.457. The number of ether oxygens (including phenoxy) is 2. The maximum absolute atomic E-state index is 13.0. The van der Waals surface area contributed by atoms with Gasteiger partial charge in [0.2, 0.25) is 0 Å². The Labute approximate surface area is 82.1 Å². The van der Waals surface area contributed by atoms with Gasteiger partial charge in [0, 0.05) is 6.61 Å². The molecule has 0 saturated carbocycles. The van der Waals surface area contributed by atoms with Gasteiger partial charge < -0.3 is 9.47 Å². The number of halogens is 6. The summed E-state index contributed by atoms with van der Waals surface area (Å²) in [5.74, 6) is -5.12. The van der Waals surface area contributed by atoms with Crippen molar-refractivity contribution in [3.05, 3.63) is 0 Å². The van der Waals surface area contributed by atoms with Crippen LogP contribution in [0.25, 0.3) is 0 Å². The second-order valence-electron chi connectivity index (χ2n) is 2.48. The lowest BCUT2D eigenvalue weighted by atomic mass is 10.2. The molecule has 92 valence electrons. The molecule has 0 radical (unpaired) electrons. The predicted molar refractivity (Wildman–Crippen MR) is 38.1 cm³/mol. The van der Waals surface area contributed by atoms with Gasteiger partial charge in [0.1, 0.15) is 0 Å². The highest BCUT2D eigenvalue weighted by molar-refractivity contribution is 4.86. The SMILES string of the molecule is CCOC(F)(F)C(F)(OCC)C(F)(F)F. The van der Waals surface area contributed by atoms with Crippen molar-refractivity contribution < 1.29 is 35.8 Å². The van der Waals surface area contributed by atoms with Crippen molar-refractivity contribution in [1.29, 1.82) is 0 Å². The predicted octanol–water partition coefficient (Wildman–Crippen LogP) is 2.88. The molecule has 0 spiro atoms. The first-order valence-corrected chi connectivity index (χ1v) is 4.03. The van der Waals surface area contributed by atoms with Crippen LogP contribution in [0.3, 0.4) is 0 Å². The molecule has 0 aromatic rings. The Kier molecular flexibility index (Phi) is 4.41. The second kappa shape index (κ2) is 4.56. The summed E-state index contributed by atoms with van der Waals surface area (Å²) >= 11 is 0. The molecule has 2 nitrogen and oxygen atoms in total. The van der Waals surface area contributed by atoms with Crippen LogP contribution >= 0.6 is 0 Å². The summed E-state index contributed by atoms with van der Waals surface area (Å²) in [7, 11) is 0. The lowest BCUT2D eigenvalue weighted by Gasteiger charge is -2.33. The van der Waals surface area contributed by atoms with Gasteiger partial charge in [-0.25, -0.2) is 0 Å². The molecule has 0 amide bonds. The molecule has 8 heteroatoms. The molecule has 0 rings (SSSR count). The zero-order valence-corrected chi connectivity index (χ0v) is 8.00. The molecule has 0 aliphatic heterocycles. The summed E-state index contributed by atoms with van der Waals surface area (Å²) < 4.78 is 81.5. The maximum Gasteiger partial charge on any atom is 0.457 e. The average molecular weight is 240 g/mol. The van der Waals surface area contributed by atoms with Crippen LogP contribution in [-0.2, 0) is 9.47 Å². The standard InChI is InChI=1S/C7H10F6O2/c1-3-14-5(8,6(9,10)11)7(12,13)15-4-2/h3-4H2,1-2H3. The van der Waals surface area contributed by atoms with E-state index >= 15 is 0 Å². The quantitative estimate of drug-likeness (QED) is 0.688. The Hall–Kier alpha value is -0.500. The minimum atomic E-state index is -5.87. The van der Waals surface area contributed by atoms with Crippen molar-refractivity contribution in [2.24, 2.45) is 0 Å². The molecule has 0 aromatic heterocycles. The normalized spacial score (nSPS) is 17.6.